The van der Waals surface area contributed by atoms with Crippen LogP contribution in [0.2, 0.25) is 0 Å². The second-order valence-corrected chi connectivity index (χ2v) is 6.33. The fourth-order valence-corrected chi connectivity index (χ4v) is 3.69. The van der Waals surface area contributed by atoms with Gasteiger partial charge in [-0.1, -0.05) is 36.9 Å². The third-order valence-electron chi connectivity index (χ3n) is 3.44. The molecule has 1 aromatic carbocycles. The minimum Gasteiger partial charge on any atom is -0.219 e. The van der Waals surface area contributed by atoms with E-state index in [1.165, 1.54) is 20.5 Å². The van der Waals surface area contributed by atoms with Gasteiger partial charge in [0.05, 0.1) is 0 Å². The average molecular weight is 307 g/mol. The number of nitrogens with zero attached hydrogens (tertiary/aromatic N) is 3. The van der Waals surface area contributed by atoms with Gasteiger partial charge in [0.1, 0.15) is 11.6 Å². The van der Waals surface area contributed by atoms with Crippen LogP contribution in [0.15, 0.2) is 36.9 Å². The first kappa shape index (κ1) is 14.6. The van der Waals surface area contributed by atoms with Crippen LogP contribution in [0.1, 0.15) is 22.1 Å². The smallest absolute Gasteiger partial charge is 0.164 e. The van der Waals surface area contributed by atoms with E-state index < -0.39 is 0 Å². The van der Waals surface area contributed by atoms with Gasteiger partial charge in [-0.3, -0.25) is 0 Å². The molecule has 0 aliphatic carbocycles. The van der Waals surface area contributed by atoms with Crippen LogP contribution in [0.4, 0.5) is 0 Å². The van der Waals surface area contributed by atoms with Gasteiger partial charge in [-0.05, 0) is 32.4 Å². The molecule has 0 radical (unpaired) electrons. The highest BCUT2D eigenvalue weighted by Gasteiger charge is 2.13. The van der Waals surface area contributed by atoms with Crippen LogP contribution < -0.4 is 0 Å². The zero-order valence-electron chi connectivity index (χ0n) is 12.9. The lowest BCUT2D eigenvalue weighted by Crippen LogP contribution is -1.98. The molecular weight excluding hydrogens is 290 g/mol. The van der Waals surface area contributed by atoms with Crippen LogP contribution in [0, 0.1) is 20.8 Å². The number of thiophene rings is 1. The highest BCUT2D eigenvalue weighted by Crippen LogP contribution is 2.37. The number of allylic oxidation sites excluding steroid dienone is 2. The summed E-state index contributed by atoms with van der Waals surface area (Å²) in [5.41, 5.74) is 2.31. The monoisotopic (exact) mass is 307 g/mol. The predicted molar refractivity (Wildman–Crippen MR) is 94.1 cm³/mol. The van der Waals surface area contributed by atoms with Crippen molar-refractivity contribution in [3.05, 3.63) is 59.0 Å². The second-order valence-electron chi connectivity index (χ2n) is 5.10. The van der Waals surface area contributed by atoms with Crippen molar-refractivity contribution in [2.24, 2.45) is 0 Å². The zero-order valence-corrected chi connectivity index (χ0v) is 13.7. The molecule has 2 heterocycles. The predicted octanol–water partition coefficient (Wildman–Crippen LogP) is 4.88. The van der Waals surface area contributed by atoms with Crippen molar-refractivity contribution in [3.8, 4) is 11.4 Å². The highest BCUT2D eigenvalue weighted by molar-refractivity contribution is 7.19. The summed E-state index contributed by atoms with van der Waals surface area (Å²) in [6, 6.07) is 6.28. The molecule has 2 aromatic heterocycles. The Morgan fingerprint density at radius 1 is 1.05 bits per heavy atom. The zero-order chi connectivity index (χ0) is 15.7. The van der Waals surface area contributed by atoms with Gasteiger partial charge in [-0.15, -0.1) is 11.3 Å². The van der Waals surface area contributed by atoms with Crippen molar-refractivity contribution >= 4 is 27.5 Å². The summed E-state index contributed by atoms with van der Waals surface area (Å²) >= 11 is 1.78. The lowest BCUT2D eigenvalue weighted by molar-refractivity contribution is 0.930. The molecule has 3 nitrogen and oxygen atoms in total. The number of aryl methyl sites for hydroxylation is 3. The summed E-state index contributed by atoms with van der Waals surface area (Å²) in [6.07, 6.45) is 5.87. The molecule has 0 amide bonds. The van der Waals surface area contributed by atoms with Crippen LogP contribution >= 0.6 is 11.3 Å². The van der Waals surface area contributed by atoms with E-state index in [9.17, 15) is 0 Å². The normalized spacial score (nSPS) is 11.4. The van der Waals surface area contributed by atoms with Gasteiger partial charge >= 0.3 is 0 Å². The number of rotatable bonds is 3. The van der Waals surface area contributed by atoms with E-state index in [0.717, 1.165) is 23.0 Å². The van der Waals surface area contributed by atoms with E-state index in [2.05, 4.69) is 52.7 Å². The van der Waals surface area contributed by atoms with E-state index in [1.807, 2.05) is 19.9 Å². The van der Waals surface area contributed by atoms with Crippen molar-refractivity contribution in [2.45, 2.75) is 20.8 Å². The van der Waals surface area contributed by atoms with Crippen LogP contribution in [0.5, 0.6) is 0 Å². The SMILES string of the molecule is C=C/C=C\c1c(C)sc2c(-c3nc(C)nc(C)n3)cccc12. The first-order valence-corrected chi connectivity index (χ1v) is 7.92. The van der Waals surface area contributed by atoms with E-state index in [4.69, 9.17) is 0 Å². The number of fused-ring (bicyclic) bond motifs is 1. The van der Waals surface area contributed by atoms with Gasteiger partial charge < -0.3 is 0 Å². The molecule has 4 heteroatoms. The molecule has 0 saturated carbocycles. The summed E-state index contributed by atoms with van der Waals surface area (Å²) < 4.78 is 1.22. The van der Waals surface area contributed by atoms with Crippen LogP contribution in [0.25, 0.3) is 27.6 Å². The largest absolute Gasteiger partial charge is 0.219 e. The van der Waals surface area contributed by atoms with Crippen molar-refractivity contribution in [1.82, 2.24) is 15.0 Å². The van der Waals surface area contributed by atoms with E-state index in [0.29, 0.717) is 0 Å². The standard InChI is InChI=1S/C18H17N3S/c1-5-6-8-14-11(2)22-17-15(14)9-7-10-16(17)18-20-12(3)19-13(4)21-18/h5-10H,1H2,2-4H3/b8-6-. The van der Waals surface area contributed by atoms with Gasteiger partial charge in [-0.2, -0.15) is 0 Å². The molecule has 0 bridgehead atoms. The third kappa shape index (κ3) is 2.57. The minimum absolute atomic E-state index is 0.746. The maximum absolute atomic E-state index is 4.51. The summed E-state index contributed by atoms with van der Waals surface area (Å²) in [6.45, 7) is 9.68. The van der Waals surface area contributed by atoms with Crippen molar-refractivity contribution in [1.29, 1.82) is 0 Å². The van der Waals surface area contributed by atoms with Crippen molar-refractivity contribution in [3.63, 3.8) is 0 Å². The molecule has 0 aliphatic rings. The minimum atomic E-state index is 0.746. The molecule has 0 saturated heterocycles. The molecule has 3 rings (SSSR count). The Morgan fingerprint density at radius 2 is 1.77 bits per heavy atom. The molecule has 0 fully saturated rings. The molecule has 3 aromatic rings. The quantitative estimate of drug-likeness (QED) is 0.647. The number of hydrogen-bond donors (Lipinski definition) is 0. The van der Waals surface area contributed by atoms with Crippen molar-refractivity contribution < 1.29 is 0 Å². The first-order chi connectivity index (χ1) is 10.6. The van der Waals surface area contributed by atoms with E-state index >= 15 is 0 Å². The molecule has 0 N–H and O–H groups in total. The highest BCUT2D eigenvalue weighted by atomic mass is 32.1. The van der Waals surface area contributed by atoms with Gasteiger partial charge in [0.15, 0.2) is 5.82 Å². The topological polar surface area (TPSA) is 38.7 Å². The van der Waals surface area contributed by atoms with Crippen LogP contribution in [-0.4, -0.2) is 15.0 Å². The molecule has 0 atom stereocenters. The Bertz CT molecular complexity index is 870. The van der Waals surface area contributed by atoms with Gasteiger partial charge in [-0.25, -0.2) is 15.0 Å². The first-order valence-electron chi connectivity index (χ1n) is 7.11. The maximum Gasteiger partial charge on any atom is 0.164 e. The summed E-state index contributed by atoms with van der Waals surface area (Å²) in [5, 5.41) is 1.23. The fourth-order valence-electron chi connectivity index (χ4n) is 2.54. The molecule has 0 unspecified atom stereocenters. The van der Waals surface area contributed by atoms with Crippen LogP contribution in [-0.2, 0) is 0 Å². The third-order valence-corrected chi connectivity index (χ3v) is 4.61. The van der Waals surface area contributed by atoms with Gasteiger partial charge in [0.25, 0.3) is 0 Å². The molecule has 0 spiro atoms. The molecule has 110 valence electrons. The lowest BCUT2D eigenvalue weighted by Gasteiger charge is -2.04. The summed E-state index contributed by atoms with van der Waals surface area (Å²) in [7, 11) is 0. The summed E-state index contributed by atoms with van der Waals surface area (Å²) in [4.78, 5) is 14.6. The lowest BCUT2D eigenvalue weighted by atomic mass is 10.1. The Balaban J connectivity index is 2.27. The Labute approximate surface area is 134 Å². The van der Waals surface area contributed by atoms with Gasteiger partial charge in [0.2, 0.25) is 0 Å². The Kier molecular flexibility index (Phi) is 3.86. The van der Waals surface area contributed by atoms with E-state index in [-0.39, 0.29) is 0 Å². The molecule has 0 aliphatic heterocycles. The Morgan fingerprint density at radius 3 is 2.45 bits per heavy atom. The molecular formula is C18H17N3S. The van der Waals surface area contributed by atoms with Gasteiger partial charge in [0, 0.05) is 20.5 Å². The second kappa shape index (κ2) is 5.81. The number of aromatic nitrogens is 3. The van der Waals surface area contributed by atoms with Crippen molar-refractivity contribution in [2.75, 3.05) is 0 Å². The maximum atomic E-state index is 4.51. The summed E-state index contributed by atoms with van der Waals surface area (Å²) in [5.74, 6) is 2.25. The Hall–Kier alpha value is -2.33. The van der Waals surface area contributed by atoms with Crippen LogP contribution in [0.3, 0.4) is 0 Å². The number of benzene rings is 1. The number of hydrogen-bond acceptors (Lipinski definition) is 4. The average Bonchev–Trinajstić information content (AvgIpc) is 2.79. The van der Waals surface area contributed by atoms with E-state index in [1.54, 1.807) is 17.4 Å². The fraction of sp³-hybridized carbons (Fsp3) is 0.167. The molecule has 22 heavy (non-hydrogen) atoms.